The molecule has 5 nitrogen and oxygen atoms in total. The molecule has 204 valence electrons. The Labute approximate surface area is 222 Å². The monoisotopic (exact) mass is 526 g/mol. The number of halogens is 3. The molecule has 2 aromatic carbocycles. The summed E-state index contributed by atoms with van der Waals surface area (Å²) >= 11 is 0. The summed E-state index contributed by atoms with van der Waals surface area (Å²) in [5.74, 6) is -1.18. The van der Waals surface area contributed by atoms with Crippen LogP contribution < -0.4 is 5.32 Å². The average molecular weight is 527 g/mol. The van der Waals surface area contributed by atoms with Crippen LogP contribution in [0, 0.1) is 11.6 Å². The summed E-state index contributed by atoms with van der Waals surface area (Å²) in [6, 6.07) is 10.2. The highest BCUT2D eigenvalue weighted by Gasteiger charge is 2.38. The van der Waals surface area contributed by atoms with Gasteiger partial charge in [-0.3, -0.25) is 9.29 Å². The summed E-state index contributed by atoms with van der Waals surface area (Å²) in [6.45, 7) is 8.34. The molecule has 0 spiro atoms. The van der Waals surface area contributed by atoms with E-state index in [9.17, 15) is 9.50 Å². The molecule has 5 rings (SSSR count). The number of alkyl halides is 1. The number of para-hydroxylation sites is 1. The molecule has 0 saturated carbocycles. The number of benzene rings is 2. The largest absolute Gasteiger partial charge is 0.392 e. The number of anilines is 1. The van der Waals surface area contributed by atoms with Crippen molar-refractivity contribution in [3.05, 3.63) is 77.0 Å². The van der Waals surface area contributed by atoms with Gasteiger partial charge >= 0.3 is 0 Å². The summed E-state index contributed by atoms with van der Waals surface area (Å²) in [5.41, 5.74) is 4.00. The summed E-state index contributed by atoms with van der Waals surface area (Å²) < 4.78 is 44.3. The van der Waals surface area contributed by atoms with Gasteiger partial charge in [0, 0.05) is 66.1 Å². The maximum absolute atomic E-state index is 15.9. The molecular weight excluding hydrogens is 489 g/mol. The molecule has 1 aromatic heterocycles. The van der Waals surface area contributed by atoms with E-state index >= 15 is 8.78 Å². The first-order chi connectivity index (χ1) is 18.4. The minimum Gasteiger partial charge on any atom is -0.392 e. The number of aliphatic hydroxyl groups excluding tert-OH is 1. The summed E-state index contributed by atoms with van der Waals surface area (Å²) in [5, 5.41) is 13.9. The normalized spacial score (nSPS) is 22.2. The number of nitrogens with one attached hydrogen (secondary N) is 2. The molecule has 38 heavy (non-hydrogen) atoms. The second-order valence-corrected chi connectivity index (χ2v) is 10.7. The molecule has 3 atom stereocenters. The Morgan fingerprint density at radius 1 is 1.18 bits per heavy atom. The van der Waals surface area contributed by atoms with Crippen molar-refractivity contribution in [2.24, 2.45) is 0 Å². The molecule has 0 aliphatic carbocycles. The number of aromatic nitrogens is 1. The van der Waals surface area contributed by atoms with Gasteiger partial charge in [0.2, 0.25) is 0 Å². The van der Waals surface area contributed by atoms with Gasteiger partial charge in [-0.2, -0.15) is 0 Å². The summed E-state index contributed by atoms with van der Waals surface area (Å²) in [4.78, 5) is 7.77. The van der Waals surface area contributed by atoms with Crippen LogP contribution in [-0.4, -0.2) is 71.4 Å². The zero-order chi connectivity index (χ0) is 26.8. The fourth-order valence-corrected chi connectivity index (χ4v) is 6.13. The van der Waals surface area contributed by atoms with Crippen LogP contribution in [-0.2, 0) is 6.42 Å². The lowest BCUT2D eigenvalue weighted by Gasteiger charge is -2.41. The van der Waals surface area contributed by atoms with Gasteiger partial charge in [0.15, 0.2) is 0 Å². The van der Waals surface area contributed by atoms with E-state index in [-0.39, 0.29) is 30.9 Å². The highest BCUT2D eigenvalue weighted by atomic mass is 19.1. The quantitative estimate of drug-likeness (QED) is 0.303. The molecule has 2 aliphatic rings. The number of nitrogens with zero attached hydrogens (tertiary/aromatic N) is 2. The Bertz CT molecular complexity index is 1270. The number of H-pyrrole nitrogens is 1. The second kappa shape index (κ2) is 11.5. The van der Waals surface area contributed by atoms with E-state index in [1.165, 1.54) is 12.1 Å². The number of likely N-dealkylation sites (tertiary alicyclic amines) is 1. The van der Waals surface area contributed by atoms with E-state index in [1.807, 2.05) is 18.2 Å². The molecule has 0 bridgehead atoms. The number of hydrogen-bond donors (Lipinski definition) is 3. The summed E-state index contributed by atoms with van der Waals surface area (Å²) in [7, 11) is 0. The van der Waals surface area contributed by atoms with Crippen LogP contribution in [0.5, 0.6) is 0 Å². The minimum absolute atomic E-state index is 0.0283. The van der Waals surface area contributed by atoms with E-state index in [2.05, 4.69) is 39.7 Å². The first-order valence-electron chi connectivity index (χ1n) is 13.6. The molecule has 1 saturated heterocycles. The zero-order valence-corrected chi connectivity index (χ0v) is 21.9. The molecule has 3 N–H and O–H groups in total. The topological polar surface area (TPSA) is 54.5 Å². The van der Waals surface area contributed by atoms with Crippen molar-refractivity contribution < 1.29 is 18.3 Å². The number of fused-ring (bicyclic) bond motifs is 3. The highest BCUT2D eigenvalue weighted by molar-refractivity contribution is 5.85. The van der Waals surface area contributed by atoms with Crippen molar-refractivity contribution >= 4 is 16.6 Å². The molecular formula is C30H37F3N4O. The second-order valence-electron chi connectivity index (χ2n) is 10.7. The Morgan fingerprint density at radius 2 is 1.95 bits per heavy atom. The van der Waals surface area contributed by atoms with Crippen LogP contribution in [0.15, 0.2) is 48.6 Å². The maximum atomic E-state index is 15.9. The van der Waals surface area contributed by atoms with Gasteiger partial charge < -0.3 is 20.3 Å². The first-order valence-corrected chi connectivity index (χ1v) is 13.6. The third-order valence-electron chi connectivity index (χ3n) is 8.07. The third kappa shape index (κ3) is 5.35. The fraction of sp³-hybridized carbons (Fsp3) is 0.467. The van der Waals surface area contributed by atoms with Crippen LogP contribution in [0.25, 0.3) is 10.9 Å². The van der Waals surface area contributed by atoms with Crippen LogP contribution >= 0.6 is 0 Å². The molecule has 2 aliphatic heterocycles. The summed E-state index contributed by atoms with van der Waals surface area (Å²) in [6.07, 6.45) is 2.64. The van der Waals surface area contributed by atoms with Gasteiger partial charge in [0.05, 0.1) is 19.3 Å². The molecule has 3 aromatic rings. The number of aromatic amines is 1. The maximum Gasteiger partial charge on any atom is 0.133 e. The number of hydrogen-bond acceptors (Lipinski definition) is 4. The average Bonchev–Trinajstić information content (AvgIpc) is 3.50. The Morgan fingerprint density at radius 3 is 2.68 bits per heavy atom. The highest BCUT2D eigenvalue weighted by Crippen LogP contribution is 2.43. The van der Waals surface area contributed by atoms with Crippen molar-refractivity contribution in [3.63, 3.8) is 0 Å². The molecule has 3 heterocycles. The van der Waals surface area contributed by atoms with Gasteiger partial charge in [0.25, 0.3) is 0 Å². The van der Waals surface area contributed by atoms with E-state index < -0.39 is 17.7 Å². The molecule has 8 heteroatoms. The smallest absolute Gasteiger partial charge is 0.133 e. The third-order valence-corrected chi connectivity index (χ3v) is 8.07. The predicted molar refractivity (Wildman–Crippen MR) is 146 cm³/mol. The Kier molecular flexibility index (Phi) is 8.12. The van der Waals surface area contributed by atoms with E-state index in [4.69, 9.17) is 0 Å². The molecule has 0 unspecified atom stereocenters. The van der Waals surface area contributed by atoms with Crippen molar-refractivity contribution in [3.8, 4) is 0 Å². The van der Waals surface area contributed by atoms with Crippen molar-refractivity contribution in [1.29, 1.82) is 0 Å². The van der Waals surface area contributed by atoms with Crippen molar-refractivity contribution in [1.82, 2.24) is 14.8 Å². The fourth-order valence-electron chi connectivity index (χ4n) is 6.13. The van der Waals surface area contributed by atoms with E-state index in [0.717, 1.165) is 48.1 Å². The number of rotatable bonds is 10. The van der Waals surface area contributed by atoms with Gasteiger partial charge in [-0.15, -0.1) is 0 Å². The van der Waals surface area contributed by atoms with Crippen molar-refractivity contribution in [2.45, 2.75) is 50.7 Å². The lowest BCUT2D eigenvalue weighted by atomic mass is 9.87. The SMILES string of the molecule is C=C(CO)CCN1[C@H](c2c(F)cc(N[C@H]3CCN(CCCF)C3)cc2F)c2[nH]c3ccccc3c2C[C@H]1C. The molecule has 0 amide bonds. The van der Waals surface area contributed by atoms with Gasteiger partial charge in [-0.05, 0) is 56.4 Å². The van der Waals surface area contributed by atoms with Crippen LogP contribution in [0.1, 0.15) is 49.0 Å². The first kappa shape index (κ1) is 26.8. The standard InChI is InChI=1S/C30H37F3N4O/c1-19(18-38)8-13-37-20(2)14-24-23-6-3-4-7-27(23)35-29(24)30(37)28-25(32)15-22(16-26(28)33)34-21-9-12-36(17-21)11-5-10-31/h3-4,6-7,15-16,20-21,30,34-35,38H,1,5,8-14,17-18H2,2H3/t20-,21+,30-/m1/s1. The Balaban J connectivity index is 1.48. The van der Waals surface area contributed by atoms with Crippen molar-refractivity contribution in [2.75, 3.05) is 44.8 Å². The van der Waals surface area contributed by atoms with E-state index in [0.29, 0.717) is 37.2 Å². The lowest BCUT2D eigenvalue weighted by molar-refractivity contribution is 0.143. The predicted octanol–water partition coefficient (Wildman–Crippen LogP) is 5.57. The number of aliphatic hydroxyl groups is 1. The zero-order valence-electron chi connectivity index (χ0n) is 21.9. The van der Waals surface area contributed by atoms with E-state index in [1.54, 1.807) is 0 Å². The van der Waals surface area contributed by atoms with Crippen LogP contribution in [0.3, 0.4) is 0 Å². The van der Waals surface area contributed by atoms with Gasteiger partial charge in [-0.1, -0.05) is 30.4 Å². The lowest BCUT2D eigenvalue weighted by Crippen LogP contribution is -2.44. The van der Waals surface area contributed by atoms with Crippen LogP contribution in [0.4, 0.5) is 18.9 Å². The van der Waals surface area contributed by atoms with Crippen LogP contribution in [0.2, 0.25) is 0 Å². The Hall–Kier alpha value is -2.81. The van der Waals surface area contributed by atoms with Gasteiger partial charge in [0.1, 0.15) is 11.6 Å². The molecule has 1 fully saturated rings. The van der Waals surface area contributed by atoms with Gasteiger partial charge in [-0.25, -0.2) is 8.78 Å². The minimum atomic E-state index is -0.635. The molecule has 0 radical (unpaired) electrons.